The van der Waals surface area contributed by atoms with Crippen LogP contribution in [0.3, 0.4) is 0 Å². The largest absolute Gasteiger partial charge is 0.478 e. The van der Waals surface area contributed by atoms with E-state index in [1.54, 1.807) is 12.1 Å². The van der Waals surface area contributed by atoms with Gasteiger partial charge in [0.15, 0.2) is 0 Å². The van der Waals surface area contributed by atoms with E-state index >= 15 is 0 Å². The molecule has 2 N–H and O–H groups in total. The van der Waals surface area contributed by atoms with Gasteiger partial charge in [0.2, 0.25) is 5.60 Å². The molecule has 0 unspecified atom stereocenters. The number of ether oxygens (including phenoxy) is 1. The molecule has 8 heteroatoms. The number of hydrogen-bond acceptors (Lipinski definition) is 5. The van der Waals surface area contributed by atoms with Crippen LogP contribution in [0.1, 0.15) is 28.9 Å². The van der Waals surface area contributed by atoms with E-state index < -0.39 is 17.1 Å². The van der Waals surface area contributed by atoms with Crippen LogP contribution in [0.25, 0.3) is 0 Å². The Balaban J connectivity index is 1.74. The highest BCUT2D eigenvalue weighted by Gasteiger charge is 2.45. The molecular weight excluding hydrogens is 338 g/mol. The van der Waals surface area contributed by atoms with Gasteiger partial charge in [-0.3, -0.25) is 9.59 Å². The summed E-state index contributed by atoms with van der Waals surface area (Å²) in [5.74, 6) is -0.872. The Morgan fingerprint density at radius 1 is 1.27 bits per heavy atom. The Bertz CT molecular complexity index is 864. The van der Waals surface area contributed by atoms with Gasteiger partial charge in [-0.2, -0.15) is 0 Å². The van der Waals surface area contributed by atoms with Gasteiger partial charge in [-0.25, -0.2) is 9.78 Å². The fourth-order valence-corrected chi connectivity index (χ4v) is 2.93. The highest BCUT2D eigenvalue weighted by Crippen LogP contribution is 2.31. The third kappa shape index (κ3) is 3.44. The summed E-state index contributed by atoms with van der Waals surface area (Å²) in [6.45, 7) is 2.29. The lowest BCUT2D eigenvalue weighted by Crippen LogP contribution is -2.54. The lowest BCUT2D eigenvalue weighted by molar-refractivity contribution is -0.159. The molecule has 1 fully saturated rings. The number of benzene rings is 1. The second kappa shape index (κ2) is 6.99. The number of rotatable bonds is 4. The average molecular weight is 357 g/mol. The summed E-state index contributed by atoms with van der Waals surface area (Å²) in [5, 5.41) is 9.73. The molecule has 1 aliphatic rings. The molecule has 1 aromatic heterocycles. The second-order valence-corrected chi connectivity index (χ2v) is 6.26. The van der Waals surface area contributed by atoms with Crippen molar-refractivity contribution in [3.63, 3.8) is 0 Å². The molecule has 136 valence electrons. The van der Waals surface area contributed by atoms with Crippen LogP contribution in [-0.2, 0) is 4.79 Å². The lowest BCUT2D eigenvalue weighted by atomic mass is 9.90. The van der Waals surface area contributed by atoms with Crippen molar-refractivity contribution in [1.82, 2.24) is 14.9 Å². The number of aliphatic carboxylic acids is 1. The number of nitrogens with zero attached hydrogens (tertiary/aromatic N) is 2. The Labute approximate surface area is 149 Å². The third-order valence-corrected chi connectivity index (χ3v) is 4.54. The first-order chi connectivity index (χ1) is 12.4. The van der Waals surface area contributed by atoms with E-state index in [1.165, 1.54) is 11.1 Å². The smallest absolute Gasteiger partial charge is 0.348 e. The van der Waals surface area contributed by atoms with Crippen LogP contribution in [-0.4, -0.2) is 50.5 Å². The molecule has 1 amide bonds. The summed E-state index contributed by atoms with van der Waals surface area (Å²) >= 11 is 0. The van der Waals surface area contributed by atoms with Crippen LogP contribution < -0.4 is 10.3 Å². The van der Waals surface area contributed by atoms with Crippen molar-refractivity contribution >= 4 is 11.9 Å². The number of likely N-dealkylation sites (tertiary alicyclic amines) is 1. The van der Waals surface area contributed by atoms with Crippen LogP contribution in [0, 0.1) is 6.92 Å². The van der Waals surface area contributed by atoms with Crippen LogP contribution in [0.15, 0.2) is 41.5 Å². The van der Waals surface area contributed by atoms with Gasteiger partial charge >= 0.3 is 5.97 Å². The normalized spacial score (nSPS) is 16.1. The van der Waals surface area contributed by atoms with Gasteiger partial charge < -0.3 is 19.7 Å². The molecule has 2 heterocycles. The highest BCUT2D eigenvalue weighted by atomic mass is 16.5. The van der Waals surface area contributed by atoms with Crippen LogP contribution in [0.5, 0.6) is 5.75 Å². The summed E-state index contributed by atoms with van der Waals surface area (Å²) in [6.07, 6.45) is 2.62. The van der Waals surface area contributed by atoms with Crippen molar-refractivity contribution in [3.8, 4) is 5.75 Å². The zero-order valence-electron chi connectivity index (χ0n) is 14.3. The molecule has 0 saturated carbocycles. The number of aromatic amines is 1. The number of H-pyrrole nitrogens is 1. The van der Waals surface area contributed by atoms with Gasteiger partial charge in [0.25, 0.3) is 11.5 Å². The van der Waals surface area contributed by atoms with Gasteiger partial charge in [-0.1, -0.05) is 18.2 Å². The summed E-state index contributed by atoms with van der Waals surface area (Å²) in [7, 11) is 0. The predicted octanol–water partition coefficient (Wildman–Crippen LogP) is 1.22. The molecule has 0 atom stereocenters. The number of amides is 1. The minimum Gasteiger partial charge on any atom is -0.478 e. The molecule has 1 aliphatic heterocycles. The Kier molecular flexibility index (Phi) is 4.75. The van der Waals surface area contributed by atoms with E-state index in [4.69, 9.17) is 4.74 Å². The molecule has 0 aliphatic carbocycles. The van der Waals surface area contributed by atoms with Gasteiger partial charge in [-0.15, -0.1) is 0 Å². The zero-order valence-corrected chi connectivity index (χ0v) is 14.3. The van der Waals surface area contributed by atoms with Crippen molar-refractivity contribution < 1.29 is 19.4 Å². The molecule has 0 bridgehead atoms. The molecule has 8 nitrogen and oxygen atoms in total. The second-order valence-electron chi connectivity index (χ2n) is 6.26. The standard InChI is InChI=1S/C18H19N3O5/c1-12-4-2-3-5-14(12)26-18(17(24)25)6-8-21(9-7-18)16(23)13-10-20-15(22)11-19-13/h2-5,10-11H,6-9H2,1H3,(H,20,22)(H,24,25). The number of carbonyl (C=O) groups is 2. The lowest BCUT2D eigenvalue weighted by Gasteiger charge is -2.39. The van der Waals surface area contributed by atoms with E-state index in [0.29, 0.717) is 5.75 Å². The number of aryl methyl sites for hydroxylation is 1. The Hall–Kier alpha value is -3.16. The van der Waals surface area contributed by atoms with E-state index in [0.717, 1.165) is 11.8 Å². The molecule has 2 aromatic rings. The van der Waals surface area contributed by atoms with Crippen molar-refractivity contribution in [2.24, 2.45) is 0 Å². The third-order valence-electron chi connectivity index (χ3n) is 4.54. The molecule has 26 heavy (non-hydrogen) atoms. The first-order valence-corrected chi connectivity index (χ1v) is 8.23. The Morgan fingerprint density at radius 3 is 2.54 bits per heavy atom. The molecule has 0 spiro atoms. The first kappa shape index (κ1) is 17.7. The maximum absolute atomic E-state index is 12.5. The number of para-hydroxylation sites is 1. The number of carboxylic acids is 1. The monoisotopic (exact) mass is 357 g/mol. The van der Waals surface area contributed by atoms with Crippen LogP contribution in [0.2, 0.25) is 0 Å². The molecule has 0 radical (unpaired) electrons. The number of carbonyl (C=O) groups excluding carboxylic acids is 1. The summed E-state index contributed by atoms with van der Waals surface area (Å²) in [4.78, 5) is 43.2. The zero-order chi connectivity index (χ0) is 18.7. The maximum Gasteiger partial charge on any atom is 0.348 e. The quantitative estimate of drug-likeness (QED) is 0.851. The fraction of sp³-hybridized carbons (Fsp3) is 0.333. The van der Waals surface area contributed by atoms with E-state index in [2.05, 4.69) is 9.97 Å². The van der Waals surface area contributed by atoms with Crippen LogP contribution in [0.4, 0.5) is 0 Å². The van der Waals surface area contributed by atoms with E-state index in [9.17, 15) is 19.5 Å². The first-order valence-electron chi connectivity index (χ1n) is 8.23. The number of nitrogens with one attached hydrogen (secondary N) is 1. The number of piperidine rings is 1. The number of hydrogen-bond donors (Lipinski definition) is 2. The average Bonchev–Trinajstić information content (AvgIpc) is 2.64. The maximum atomic E-state index is 12.5. The predicted molar refractivity (Wildman–Crippen MR) is 92.2 cm³/mol. The van der Waals surface area contributed by atoms with Crippen molar-refractivity contribution in [2.75, 3.05) is 13.1 Å². The van der Waals surface area contributed by atoms with Gasteiger partial charge in [-0.05, 0) is 18.6 Å². The minimum atomic E-state index is -1.37. The summed E-state index contributed by atoms with van der Waals surface area (Å²) in [6, 6.07) is 7.24. The number of carboxylic acid groups (broad SMARTS) is 1. The summed E-state index contributed by atoms with van der Waals surface area (Å²) in [5.41, 5.74) is -0.797. The van der Waals surface area contributed by atoms with Gasteiger partial charge in [0, 0.05) is 32.1 Å². The highest BCUT2D eigenvalue weighted by molar-refractivity contribution is 5.92. The Morgan fingerprint density at radius 2 is 1.96 bits per heavy atom. The van der Waals surface area contributed by atoms with Crippen molar-refractivity contribution in [1.29, 1.82) is 0 Å². The molecule has 1 aromatic carbocycles. The topological polar surface area (TPSA) is 113 Å². The number of aromatic nitrogens is 2. The van der Waals surface area contributed by atoms with Gasteiger partial charge in [0.05, 0.1) is 6.20 Å². The molecule has 3 rings (SSSR count). The van der Waals surface area contributed by atoms with E-state index in [-0.39, 0.29) is 37.5 Å². The fourth-order valence-electron chi connectivity index (χ4n) is 2.93. The summed E-state index contributed by atoms with van der Waals surface area (Å²) < 4.78 is 5.88. The SMILES string of the molecule is Cc1ccccc1OC1(C(=O)O)CCN(C(=O)c2c[nH]c(=O)cn2)CC1. The molecular formula is C18H19N3O5. The molecule has 1 saturated heterocycles. The van der Waals surface area contributed by atoms with Crippen LogP contribution >= 0.6 is 0 Å². The van der Waals surface area contributed by atoms with Gasteiger partial charge in [0.1, 0.15) is 11.4 Å². The van der Waals surface area contributed by atoms with Crippen molar-refractivity contribution in [2.45, 2.75) is 25.4 Å². The van der Waals surface area contributed by atoms with Crippen molar-refractivity contribution in [3.05, 3.63) is 58.3 Å². The van der Waals surface area contributed by atoms with E-state index in [1.807, 2.05) is 19.1 Å². The minimum absolute atomic E-state index is 0.118.